The van der Waals surface area contributed by atoms with E-state index in [4.69, 9.17) is 0 Å². The third-order valence-corrected chi connectivity index (χ3v) is 2.77. The molecule has 2 rings (SSSR count). The highest BCUT2D eigenvalue weighted by Crippen LogP contribution is 2.23. The molecule has 0 aliphatic heterocycles. The third kappa shape index (κ3) is 2.43. The molecule has 0 atom stereocenters. The van der Waals surface area contributed by atoms with Gasteiger partial charge in [-0.15, -0.1) is 11.3 Å². The van der Waals surface area contributed by atoms with Crippen LogP contribution in [0.5, 0.6) is 0 Å². The molecule has 0 amide bonds. The molecule has 0 unspecified atom stereocenters. The van der Waals surface area contributed by atoms with Crippen LogP contribution < -0.4 is 5.32 Å². The second-order valence-electron chi connectivity index (χ2n) is 4.03. The predicted molar refractivity (Wildman–Crippen MR) is 62.2 cm³/mol. The highest BCUT2D eigenvalue weighted by atomic mass is 32.1. The molecule has 2 heterocycles. The van der Waals surface area contributed by atoms with E-state index in [0.29, 0.717) is 6.54 Å². The summed E-state index contributed by atoms with van der Waals surface area (Å²) in [6, 6.07) is 1.98. The lowest BCUT2D eigenvalue weighted by atomic mass is 10.1. The maximum absolute atomic E-state index is 9.60. The van der Waals surface area contributed by atoms with E-state index < -0.39 is 5.60 Å². The summed E-state index contributed by atoms with van der Waals surface area (Å²) >= 11 is 1.58. The number of nitrogens with one attached hydrogen (secondary N) is 1. The quantitative estimate of drug-likeness (QED) is 0.834. The van der Waals surface area contributed by atoms with Crippen molar-refractivity contribution in [3.05, 3.63) is 17.8 Å². The topological polar surface area (TPSA) is 58.0 Å². The molecule has 0 saturated carbocycles. The van der Waals surface area contributed by atoms with Crippen LogP contribution in [0.25, 0.3) is 10.2 Å². The summed E-state index contributed by atoms with van der Waals surface area (Å²) in [5.74, 6) is 0.781. The molecule has 4 nitrogen and oxygen atoms in total. The van der Waals surface area contributed by atoms with Gasteiger partial charge in [-0.05, 0) is 25.3 Å². The van der Waals surface area contributed by atoms with Crippen molar-refractivity contribution in [3.63, 3.8) is 0 Å². The van der Waals surface area contributed by atoms with Crippen LogP contribution in [0.2, 0.25) is 0 Å². The van der Waals surface area contributed by atoms with E-state index >= 15 is 0 Å². The van der Waals surface area contributed by atoms with Gasteiger partial charge in [0.05, 0.1) is 11.0 Å². The molecule has 0 aliphatic carbocycles. The Kier molecular flexibility index (Phi) is 2.58. The van der Waals surface area contributed by atoms with E-state index in [2.05, 4.69) is 15.3 Å². The lowest BCUT2D eigenvalue weighted by molar-refractivity contribution is 0.0944. The lowest BCUT2D eigenvalue weighted by Crippen LogP contribution is -2.29. The molecule has 0 aliphatic rings. The van der Waals surface area contributed by atoms with Crippen LogP contribution in [-0.4, -0.2) is 27.2 Å². The van der Waals surface area contributed by atoms with Crippen molar-refractivity contribution in [1.82, 2.24) is 9.97 Å². The highest BCUT2D eigenvalue weighted by Gasteiger charge is 2.13. The number of thiophene rings is 1. The van der Waals surface area contributed by atoms with Gasteiger partial charge >= 0.3 is 0 Å². The second kappa shape index (κ2) is 3.75. The van der Waals surface area contributed by atoms with Crippen molar-refractivity contribution in [1.29, 1.82) is 0 Å². The number of hydrogen-bond donors (Lipinski definition) is 2. The molecule has 0 saturated heterocycles. The Morgan fingerprint density at radius 3 is 3.00 bits per heavy atom. The highest BCUT2D eigenvalue weighted by molar-refractivity contribution is 7.16. The molecule has 15 heavy (non-hydrogen) atoms. The molecule has 80 valence electrons. The Balaban J connectivity index is 2.24. The Morgan fingerprint density at radius 1 is 1.47 bits per heavy atom. The van der Waals surface area contributed by atoms with Gasteiger partial charge in [0.25, 0.3) is 0 Å². The summed E-state index contributed by atoms with van der Waals surface area (Å²) in [6.07, 6.45) is 1.53. The number of aromatic nitrogens is 2. The number of aliphatic hydroxyl groups is 1. The first-order valence-corrected chi connectivity index (χ1v) is 5.59. The zero-order valence-electron chi connectivity index (χ0n) is 8.69. The monoisotopic (exact) mass is 223 g/mol. The van der Waals surface area contributed by atoms with Crippen molar-refractivity contribution in [2.24, 2.45) is 0 Å². The van der Waals surface area contributed by atoms with E-state index in [1.54, 1.807) is 25.2 Å². The third-order valence-electron chi connectivity index (χ3n) is 1.95. The van der Waals surface area contributed by atoms with E-state index in [1.165, 1.54) is 6.33 Å². The summed E-state index contributed by atoms with van der Waals surface area (Å²) in [4.78, 5) is 9.27. The summed E-state index contributed by atoms with van der Waals surface area (Å²) in [6.45, 7) is 3.98. The Labute approximate surface area is 92.0 Å². The summed E-state index contributed by atoms with van der Waals surface area (Å²) in [7, 11) is 0. The van der Waals surface area contributed by atoms with Crippen LogP contribution in [-0.2, 0) is 0 Å². The van der Waals surface area contributed by atoms with Gasteiger partial charge in [0.15, 0.2) is 0 Å². The number of rotatable bonds is 3. The van der Waals surface area contributed by atoms with Crippen molar-refractivity contribution >= 4 is 27.4 Å². The van der Waals surface area contributed by atoms with Crippen molar-refractivity contribution < 1.29 is 5.11 Å². The fraction of sp³-hybridized carbons (Fsp3) is 0.400. The summed E-state index contributed by atoms with van der Waals surface area (Å²) in [5.41, 5.74) is -0.743. The molecule has 2 aromatic heterocycles. The first kappa shape index (κ1) is 10.3. The minimum absolute atomic E-state index is 0.467. The fourth-order valence-electron chi connectivity index (χ4n) is 1.23. The number of fused-ring (bicyclic) bond motifs is 1. The molecule has 0 radical (unpaired) electrons. The molecule has 5 heteroatoms. The summed E-state index contributed by atoms with van der Waals surface area (Å²) in [5, 5.41) is 15.7. The van der Waals surface area contributed by atoms with Crippen LogP contribution >= 0.6 is 11.3 Å². The van der Waals surface area contributed by atoms with Crippen LogP contribution in [0, 0.1) is 0 Å². The molecule has 0 bridgehead atoms. The average Bonchev–Trinajstić information content (AvgIpc) is 2.61. The molecule has 0 spiro atoms. The number of nitrogens with zero attached hydrogens (tertiary/aromatic N) is 2. The van der Waals surface area contributed by atoms with E-state index in [-0.39, 0.29) is 0 Å². The maximum atomic E-state index is 9.60. The van der Waals surface area contributed by atoms with Crippen molar-refractivity contribution in [2.75, 3.05) is 11.9 Å². The summed E-state index contributed by atoms with van der Waals surface area (Å²) < 4.78 is 0. The van der Waals surface area contributed by atoms with Crippen LogP contribution in [0.15, 0.2) is 17.8 Å². The first-order chi connectivity index (χ1) is 7.06. The van der Waals surface area contributed by atoms with Gasteiger partial charge in [0, 0.05) is 6.54 Å². The predicted octanol–water partition coefficient (Wildman–Crippen LogP) is 1.87. The molecule has 0 aromatic carbocycles. The van der Waals surface area contributed by atoms with Gasteiger partial charge in [0.2, 0.25) is 0 Å². The standard InChI is InChI=1S/C10H13N3OS/c1-10(2,14)5-11-8-7-3-4-15-9(7)13-6-12-8/h3-4,6,14H,5H2,1-2H3,(H,11,12,13). The van der Waals surface area contributed by atoms with E-state index in [1.807, 2.05) is 11.4 Å². The Hall–Kier alpha value is -1.20. The fourth-order valence-corrected chi connectivity index (χ4v) is 1.96. The second-order valence-corrected chi connectivity index (χ2v) is 4.92. The maximum Gasteiger partial charge on any atom is 0.138 e. The zero-order chi connectivity index (χ0) is 10.9. The Bertz CT molecular complexity index is 461. The van der Waals surface area contributed by atoms with Crippen molar-refractivity contribution in [3.8, 4) is 0 Å². The molecule has 0 fully saturated rings. The largest absolute Gasteiger partial charge is 0.389 e. The Morgan fingerprint density at radius 2 is 2.27 bits per heavy atom. The minimum atomic E-state index is -0.743. The van der Waals surface area contributed by atoms with E-state index in [0.717, 1.165) is 16.0 Å². The molecule has 2 N–H and O–H groups in total. The van der Waals surface area contributed by atoms with Crippen LogP contribution in [0.4, 0.5) is 5.82 Å². The molecule has 2 aromatic rings. The molecular formula is C10H13N3OS. The smallest absolute Gasteiger partial charge is 0.138 e. The van der Waals surface area contributed by atoms with Crippen LogP contribution in [0.1, 0.15) is 13.8 Å². The van der Waals surface area contributed by atoms with Crippen LogP contribution in [0.3, 0.4) is 0 Å². The minimum Gasteiger partial charge on any atom is -0.389 e. The van der Waals surface area contributed by atoms with E-state index in [9.17, 15) is 5.11 Å². The van der Waals surface area contributed by atoms with Gasteiger partial charge in [-0.2, -0.15) is 0 Å². The lowest BCUT2D eigenvalue weighted by Gasteiger charge is -2.18. The van der Waals surface area contributed by atoms with Gasteiger partial charge in [-0.3, -0.25) is 0 Å². The SMILES string of the molecule is CC(C)(O)CNc1ncnc2sccc12. The number of anilines is 1. The molecular weight excluding hydrogens is 210 g/mol. The average molecular weight is 223 g/mol. The normalized spacial score (nSPS) is 11.9. The van der Waals surface area contributed by atoms with Crippen molar-refractivity contribution in [2.45, 2.75) is 19.4 Å². The van der Waals surface area contributed by atoms with Gasteiger partial charge in [-0.25, -0.2) is 9.97 Å². The van der Waals surface area contributed by atoms with Gasteiger partial charge < -0.3 is 10.4 Å². The first-order valence-electron chi connectivity index (χ1n) is 4.71. The van der Waals surface area contributed by atoms with Gasteiger partial charge in [-0.1, -0.05) is 0 Å². The van der Waals surface area contributed by atoms with Gasteiger partial charge in [0.1, 0.15) is 17.0 Å². The zero-order valence-corrected chi connectivity index (χ0v) is 9.51. The number of hydrogen-bond acceptors (Lipinski definition) is 5.